The Labute approximate surface area is 170 Å². The molecule has 0 bridgehead atoms. The highest BCUT2D eigenvalue weighted by molar-refractivity contribution is 9.11. The van der Waals surface area contributed by atoms with Gasteiger partial charge in [0.1, 0.15) is 12.4 Å². The Bertz CT molecular complexity index is 1090. The Morgan fingerprint density at radius 1 is 1.07 bits per heavy atom. The van der Waals surface area contributed by atoms with Gasteiger partial charge in [0.25, 0.3) is 0 Å². The lowest BCUT2D eigenvalue weighted by molar-refractivity contribution is 0.306. The van der Waals surface area contributed by atoms with Crippen molar-refractivity contribution >= 4 is 38.2 Å². The van der Waals surface area contributed by atoms with Gasteiger partial charge in [0.2, 0.25) is 0 Å². The Kier molecular flexibility index (Phi) is 4.52. The van der Waals surface area contributed by atoms with Crippen LogP contribution in [0.4, 0.5) is 0 Å². The summed E-state index contributed by atoms with van der Waals surface area (Å²) >= 11 is 5.37. The summed E-state index contributed by atoms with van der Waals surface area (Å²) in [6, 6.07) is 21.2. The molecule has 2 aromatic heterocycles. The summed E-state index contributed by atoms with van der Waals surface area (Å²) in [5.74, 6) is 0.919. The van der Waals surface area contributed by atoms with E-state index in [0.29, 0.717) is 6.61 Å². The number of benzene rings is 2. The summed E-state index contributed by atoms with van der Waals surface area (Å²) < 4.78 is 7.21. The molecule has 0 radical (unpaired) electrons. The zero-order chi connectivity index (χ0) is 18.2. The van der Waals surface area contributed by atoms with E-state index < -0.39 is 0 Å². The number of nitrogens with one attached hydrogen (secondary N) is 2. The third kappa shape index (κ3) is 3.31. The Morgan fingerprint density at radius 2 is 1.96 bits per heavy atom. The standard InChI is InChI=1S/C22H19BrN2OS/c23-20-9-8-19(27-20)22-21-16(10-11-24-22)17-12-15(6-7-18(17)25-21)26-13-14-4-2-1-3-5-14/h1-9,12,22,24-25H,10-11,13H2. The first kappa shape index (κ1) is 17.0. The number of aromatic amines is 1. The van der Waals surface area contributed by atoms with Gasteiger partial charge < -0.3 is 15.0 Å². The molecule has 5 rings (SSSR count). The number of H-pyrrole nitrogens is 1. The average molecular weight is 439 g/mol. The molecule has 0 aliphatic carbocycles. The number of hydrogen-bond donors (Lipinski definition) is 2. The van der Waals surface area contributed by atoms with E-state index >= 15 is 0 Å². The zero-order valence-corrected chi connectivity index (χ0v) is 17.1. The van der Waals surface area contributed by atoms with Crippen LogP contribution in [-0.2, 0) is 13.0 Å². The first-order valence-electron chi connectivity index (χ1n) is 9.08. The van der Waals surface area contributed by atoms with Crippen LogP contribution in [0.15, 0.2) is 64.5 Å². The fourth-order valence-electron chi connectivity index (χ4n) is 3.76. The van der Waals surface area contributed by atoms with E-state index in [0.717, 1.165) is 18.7 Å². The highest BCUT2D eigenvalue weighted by Gasteiger charge is 2.26. The molecule has 5 heteroatoms. The third-order valence-electron chi connectivity index (χ3n) is 5.05. The molecule has 136 valence electrons. The molecule has 1 atom stereocenters. The number of rotatable bonds is 4. The minimum Gasteiger partial charge on any atom is -0.489 e. The minimum absolute atomic E-state index is 0.228. The topological polar surface area (TPSA) is 37.0 Å². The van der Waals surface area contributed by atoms with Gasteiger partial charge in [-0.25, -0.2) is 0 Å². The predicted molar refractivity (Wildman–Crippen MR) is 115 cm³/mol. The molecule has 2 aromatic carbocycles. The molecule has 0 spiro atoms. The van der Waals surface area contributed by atoms with Crippen LogP contribution in [0, 0.1) is 0 Å². The molecule has 27 heavy (non-hydrogen) atoms. The molecule has 0 saturated heterocycles. The van der Waals surface area contributed by atoms with Gasteiger partial charge in [-0.05, 0) is 63.8 Å². The number of hydrogen-bond acceptors (Lipinski definition) is 3. The second kappa shape index (κ2) is 7.15. The van der Waals surface area contributed by atoms with Crippen molar-refractivity contribution in [1.82, 2.24) is 10.3 Å². The number of halogens is 1. The number of ether oxygens (including phenoxy) is 1. The molecule has 0 saturated carbocycles. The molecular weight excluding hydrogens is 420 g/mol. The van der Waals surface area contributed by atoms with Crippen molar-refractivity contribution in [2.75, 3.05) is 6.54 Å². The van der Waals surface area contributed by atoms with E-state index in [1.54, 1.807) is 11.3 Å². The fourth-order valence-corrected chi connectivity index (χ4v) is 5.27. The van der Waals surface area contributed by atoms with Crippen LogP contribution in [0.2, 0.25) is 0 Å². The number of thiophene rings is 1. The lowest BCUT2D eigenvalue weighted by Gasteiger charge is -2.23. The maximum absolute atomic E-state index is 6.04. The molecule has 1 aliphatic rings. The van der Waals surface area contributed by atoms with E-state index in [-0.39, 0.29) is 6.04 Å². The van der Waals surface area contributed by atoms with Gasteiger partial charge in [-0.3, -0.25) is 0 Å². The Morgan fingerprint density at radius 3 is 2.78 bits per heavy atom. The van der Waals surface area contributed by atoms with Crippen molar-refractivity contribution < 1.29 is 4.74 Å². The van der Waals surface area contributed by atoms with E-state index in [2.05, 4.69) is 68.7 Å². The van der Waals surface area contributed by atoms with Gasteiger partial charge in [-0.1, -0.05) is 30.3 Å². The molecule has 3 nitrogen and oxygen atoms in total. The summed E-state index contributed by atoms with van der Waals surface area (Å²) in [6.07, 6.45) is 1.03. The normalized spacial score (nSPS) is 16.4. The van der Waals surface area contributed by atoms with Crippen LogP contribution in [-0.4, -0.2) is 11.5 Å². The summed E-state index contributed by atoms with van der Waals surface area (Å²) in [4.78, 5) is 4.98. The predicted octanol–water partition coefficient (Wildman–Crippen LogP) is 5.81. The SMILES string of the molecule is Brc1ccc(C2NCCc3c2[nH]c2ccc(OCc4ccccc4)cc32)s1. The monoisotopic (exact) mass is 438 g/mol. The maximum atomic E-state index is 6.04. The van der Waals surface area contributed by atoms with Crippen LogP contribution in [0.5, 0.6) is 5.75 Å². The van der Waals surface area contributed by atoms with Crippen molar-refractivity contribution in [2.24, 2.45) is 0 Å². The minimum atomic E-state index is 0.228. The molecule has 0 fully saturated rings. The lowest BCUT2D eigenvalue weighted by Crippen LogP contribution is -2.29. The van der Waals surface area contributed by atoms with Crippen LogP contribution < -0.4 is 10.1 Å². The highest BCUT2D eigenvalue weighted by atomic mass is 79.9. The Hall–Kier alpha value is -2.08. The smallest absolute Gasteiger partial charge is 0.120 e. The first-order valence-corrected chi connectivity index (χ1v) is 10.7. The van der Waals surface area contributed by atoms with Crippen molar-refractivity contribution in [3.05, 3.63) is 86.1 Å². The van der Waals surface area contributed by atoms with Crippen molar-refractivity contribution in [3.8, 4) is 5.75 Å². The van der Waals surface area contributed by atoms with Crippen LogP contribution in [0.1, 0.15) is 27.7 Å². The van der Waals surface area contributed by atoms with Crippen LogP contribution in [0.25, 0.3) is 10.9 Å². The van der Waals surface area contributed by atoms with Gasteiger partial charge in [0, 0.05) is 28.0 Å². The summed E-state index contributed by atoms with van der Waals surface area (Å²) in [5, 5.41) is 4.93. The van der Waals surface area contributed by atoms with E-state index in [4.69, 9.17) is 4.74 Å². The van der Waals surface area contributed by atoms with Gasteiger partial charge in [-0.15, -0.1) is 11.3 Å². The molecule has 0 amide bonds. The molecule has 1 unspecified atom stereocenters. The largest absolute Gasteiger partial charge is 0.489 e. The molecule has 4 aromatic rings. The van der Waals surface area contributed by atoms with E-state index in [1.165, 1.54) is 36.4 Å². The van der Waals surface area contributed by atoms with Gasteiger partial charge in [0.15, 0.2) is 0 Å². The summed E-state index contributed by atoms with van der Waals surface area (Å²) in [5.41, 5.74) is 5.05. The number of fused-ring (bicyclic) bond motifs is 3. The van der Waals surface area contributed by atoms with Gasteiger partial charge in [0.05, 0.1) is 9.83 Å². The second-order valence-electron chi connectivity index (χ2n) is 6.78. The van der Waals surface area contributed by atoms with Crippen LogP contribution in [0.3, 0.4) is 0 Å². The molecule has 1 aliphatic heterocycles. The van der Waals surface area contributed by atoms with Crippen molar-refractivity contribution in [2.45, 2.75) is 19.1 Å². The molecular formula is C22H19BrN2OS. The fraction of sp³-hybridized carbons (Fsp3) is 0.182. The maximum Gasteiger partial charge on any atom is 0.120 e. The second-order valence-corrected chi connectivity index (χ2v) is 9.27. The molecule has 2 N–H and O–H groups in total. The number of aromatic nitrogens is 1. The average Bonchev–Trinajstić information content (AvgIpc) is 3.30. The lowest BCUT2D eigenvalue weighted by atomic mass is 9.98. The third-order valence-corrected chi connectivity index (χ3v) is 6.74. The van der Waals surface area contributed by atoms with E-state index in [9.17, 15) is 0 Å². The van der Waals surface area contributed by atoms with E-state index in [1.807, 2.05) is 18.2 Å². The van der Waals surface area contributed by atoms with Crippen molar-refractivity contribution in [3.63, 3.8) is 0 Å². The van der Waals surface area contributed by atoms with Crippen LogP contribution >= 0.6 is 27.3 Å². The molecule has 3 heterocycles. The van der Waals surface area contributed by atoms with Gasteiger partial charge >= 0.3 is 0 Å². The van der Waals surface area contributed by atoms with Gasteiger partial charge in [-0.2, -0.15) is 0 Å². The Balaban J connectivity index is 1.47. The summed E-state index contributed by atoms with van der Waals surface area (Å²) in [6.45, 7) is 1.57. The summed E-state index contributed by atoms with van der Waals surface area (Å²) in [7, 11) is 0. The zero-order valence-electron chi connectivity index (χ0n) is 14.7. The quantitative estimate of drug-likeness (QED) is 0.421. The first-order chi connectivity index (χ1) is 13.3. The van der Waals surface area contributed by atoms with Crippen molar-refractivity contribution in [1.29, 1.82) is 0 Å². The highest BCUT2D eigenvalue weighted by Crippen LogP contribution is 2.38.